The molecule has 3 aromatic rings. The molecule has 1 heterocycles. The molecule has 0 spiro atoms. The molecule has 0 radical (unpaired) electrons. The lowest BCUT2D eigenvalue weighted by Crippen LogP contribution is -2.30. The summed E-state index contributed by atoms with van der Waals surface area (Å²) in [4.78, 5) is 14.2. The van der Waals surface area contributed by atoms with Crippen molar-refractivity contribution in [3.8, 4) is 11.5 Å². The van der Waals surface area contributed by atoms with Gasteiger partial charge in [-0.05, 0) is 60.3 Å². The lowest BCUT2D eigenvalue weighted by molar-refractivity contribution is -0.113. The van der Waals surface area contributed by atoms with Gasteiger partial charge in [-0.3, -0.25) is 9.69 Å². The Balaban J connectivity index is 1.52. The maximum absolute atomic E-state index is 12.7. The third kappa shape index (κ3) is 3.73. The fourth-order valence-corrected chi connectivity index (χ4v) is 3.07. The predicted octanol–water partition coefficient (Wildman–Crippen LogP) is 4.74. The smallest absolute Gasteiger partial charge is 0.281 e. The molecule has 1 N–H and O–H groups in total. The minimum atomic E-state index is -0.171. The van der Waals surface area contributed by atoms with E-state index < -0.39 is 0 Å². The van der Waals surface area contributed by atoms with Crippen LogP contribution in [-0.4, -0.2) is 11.0 Å². The third-order valence-electron chi connectivity index (χ3n) is 4.06. The molecular weight excluding hydrogens is 356 g/mol. The third-order valence-corrected chi connectivity index (χ3v) is 4.35. The molecular formula is C22H16N2O2S. The Bertz CT molecular complexity index is 1000. The van der Waals surface area contributed by atoms with Crippen LogP contribution in [0.25, 0.3) is 6.08 Å². The maximum atomic E-state index is 12.7. The largest absolute Gasteiger partial charge is 0.457 e. The van der Waals surface area contributed by atoms with E-state index in [9.17, 15) is 4.79 Å². The highest BCUT2D eigenvalue weighted by Crippen LogP contribution is 2.24. The SMILES string of the molecule is O=C1/C(=C/c2ccc(Oc3ccccc3)cc2)NC(=S)N1c1ccccc1. The number of hydrogen-bond donors (Lipinski definition) is 1. The summed E-state index contributed by atoms with van der Waals surface area (Å²) in [6.07, 6.45) is 1.78. The fraction of sp³-hybridized carbons (Fsp3) is 0. The molecule has 0 aromatic heterocycles. The standard InChI is InChI=1S/C22H16N2O2S/c25-21-20(23-22(27)24(21)17-7-3-1-4-8-17)15-16-11-13-19(14-12-16)26-18-9-5-2-6-10-18/h1-15H,(H,23,27)/b20-15-. The number of carbonyl (C=O) groups excluding carboxylic acids is 1. The van der Waals surface area contributed by atoms with Crippen LogP contribution in [0.3, 0.4) is 0 Å². The minimum absolute atomic E-state index is 0.171. The van der Waals surface area contributed by atoms with E-state index in [0.717, 1.165) is 22.7 Å². The molecule has 1 saturated heterocycles. The van der Waals surface area contributed by atoms with Crippen molar-refractivity contribution in [1.82, 2.24) is 5.32 Å². The molecule has 27 heavy (non-hydrogen) atoms. The Morgan fingerprint density at radius 3 is 2.07 bits per heavy atom. The van der Waals surface area contributed by atoms with Crippen LogP contribution >= 0.6 is 12.2 Å². The number of anilines is 1. The van der Waals surface area contributed by atoms with Crippen LogP contribution in [-0.2, 0) is 4.79 Å². The lowest BCUT2D eigenvalue weighted by atomic mass is 10.2. The lowest BCUT2D eigenvalue weighted by Gasteiger charge is -2.13. The van der Waals surface area contributed by atoms with Crippen LogP contribution in [0.4, 0.5) is 5.69 Å². The van der Waals surface area contributed by atoms with E-state index in [1.807, 2.05) is 84.9 Å². The highest BCUT2D eigenvalue weighted by Gasteiger charge is 2.31. The molecule has 1 amide bonds. The Kier molecular flexibility index (Phi) is 4.68. The van der Waals surface area contributed by atoms with Gasteiger partial charge in [-0.15, -0.1) is 0 Å². The monoisotopic (exact) mass is 372 g/mol. The van der Waals surface area contributed by atoms with Crippen molar-refractivity contribution in [2.24, 2.45) is 0 Å². The van der Waals surface area contributed by atoms with Crippen molar-refractivity contribution >= 4 is 35.0 Å². The summed E-state index contributed by atoms with van der Waals surface area (Å²) >= 11 is 5.32. The summed E-state index contributed by atoms with van der Waals surface area (Å²) in [6.45, 7) is 0. The Morgan fingerprint density at radius 1 is 0.815 bits per heavy atom. The van der Waals surface area contributed by atoms with Gasteiger partial charge in [-0.1, -0.05) is 48.5 Å². The van der Waals surface area contributed by atoms with Crippen molar-refractivity contribution in [2.75, 3.05) is 4.90 Å². The first-order chi connectivity index (χ1) is 13.2. The summed E-state index contributed by atoms with van der Waals surface area (Å²) in [6, 6.07) is 26.5. The van der Waals surface area contributed by atoms with Crippen LogP contribution in [0.2, 0.25) is 0 Å². The first kappa shape index (κ1) is 17.0. The average molecular weight is 372 g/mol. The van der Waals surface area contributed by atoms with Crippen molar-refractivity contribution in [2.45, 2.75) is 0 Å². The van der Waals surface area contributed by atoms with Gasteiger partial charge < -0.3 is 10.1 Å². The number of carbonyl (C=O) groups is 1. The predicted molar refractivity (Wildman–Crippen MR) is 111 cm³/mol. The molecule has 4 nitrogen and oxygen atoms in total. The highest BCUT2D eigenvalue weighted by atomic mass is 32.1. The van der Waals surface area contributed by atoms with Crippen molar-refractivity contribution in [3.63, 3.8) is 0 Å². The molecule has 1 aliphatic rings. The van der Waals surface area contributed by atoms with Gasteiger partial charge in [0, 0.05) is 0 Å². The number of para-hydroxylation sites is 2. The van der Waals surface area contributed by atoms with E-state index in [4.69, 9.17) is 17.0 Å². The Hall–Kier alpha value is -3.44. The molecule has 0 bridgehead atoms. The second kappa shape index (κ2) is 7.43. The quantitative estimate of drug-likeness (QED) is 0.530. The average Bonchev–Trinajstić information content (AvgIpc) is 2.98. The Labute approximate surface area is 162 Å². The summed E-state index contributed by atoms with van der Waals surface area (Å²) in [5.41, 5.74) is 2.07. The van der Waals surface area contributed by atoms with Crippen molar-refractivity contribution in [3.05, 3.63) is 96.2 Å². The van der Waals surface area contributed by atoms with Gasteiger partial charge in [-0.25, -0.2) is 0 Å². The first-order valence-electron chi connectivity index (χ1n) is 8.46. The van der Waals surface area contributed by atoms with Crippen LogP contribution in [0.5, 0.6) is 11.5 Å². The number of rotatable bonds is 4. The van der Waals surface area contributed by atoms with Crippen LogP contribution in [0.15, 0.2) is 90.6 Å². The van der Waals surface area contributed by atoms with Gasteiger partial charge in [0.15, 0.2) is 5.11 Å². The zero-order valence-electron chi connectivity index (χ0n) is 14.3. The van der Waals surface area contributed by atoms with E-state index in [0.29, 0.717) is 10.8 Å². The van der Waals surface area contributed by atoms with Gasteiger partial charge in [0.25, 0.3) is 5.91 Å². The first-order valence-corrected chi connectivity index (χ1v) is 8.87. The van der Waals surface area contributed by atoms with E-state index in [1.54, 1.807) is 6.08 Å². The van der Waals surface area contributed by atoms with Gasteiger partial charge in [0.05, 0.1) is 5.69 Å². The number of ether oxygens (including phenoxy) is 1. The molecule has 3 aromatic carbocycles. The van der Waals surface area contributed by atoms with E-state index in [-0.39, 0.29) is 5.91 Å². The van der Waals surface area contributed by atoms with E-state index in [2.05, 4.69) is 5.32 Å². The summed E-state index contributed by atoms with van der Waals surface area (Å²) < 4.78 is 5.78. The Morgan fingerprint density at radius 2 is 1.41 bits per heavy atom. The summed E-state index contributed by atoms with van der Waals surface area (Å²) in [7, 11) is 0. The van der Waals surface area contributed by atoms with Gasteiger partial charge in [0.2, 0.25) is 0 Å². The second-order valence-electron chi connectivity index (χ2n) is 5.95. The number of benzene rings is 3. The molecule has 4 rings (SSSR count). The number of amides is 1. The van der Waals surface area contributed by atoms with Crippen LogP contribution in [0, 0.1) is 0 Å². The van der Waals surface area contributed by atoms with Gasteiger partial charge >= 0.3 is 0 Å². The number of nitrogens with one attached hydrogen (secondary N) is 1. The molecule has 132 valence electrons. The molecule has 0 atom stereocenters. The number of thiocarbonyl (C=S) groups is 1. The molecule has 1 aliphatic heterocycles. The highest BCUT2D eigenvalue weighted by molar-refractivity contribution is 7.80. The molecule has 0 aliphatic carbocycles. The van der Waals surface area contributed by atoms with Gasteiger partial charge in [0.1, 0.15) is 17.2 Å². The second-order valence-corrected chi connectivity index (χ2v) is 6.34. The zero-order chi connectivity index (χ0) is 18.6. The van der Waals surface area contributed by atoms with Crippen LogP contribution in [0.1, 0.15) is 5.56 Å². The van der Waals surface area contributed by atoms with Crippen LogP contribution < -0.4 is 15.0 Å². The van der Waals surface area contributed by atoms with E-state index >= 15 is 0 Å². The topological polar surface area (TPSA) is 41.6 Å². The molecule has 1 fully saturated rings. The normalized spacial score (nSPS) is 15.1. The number of hydrogen-bond acceptors (Lipinski definition) is 3. The van der Waals surface area contributed by atoms with E-state index in [1.165, 1.54) is 4.90 Å². The minimum Gasteiger partial charge on any atom is -0.457 e. The summed E-state index contributed by atoms with van der Waals surface area (Å²) in [5, 5.41) is 3.37. The van der Waals surface area contributed by atoms with Gasteiger partial charge in [-0.2, -0.15) is 0 Å². The maximum Gasteiger partial charge on any atom is 0.281 e. The van der Waals surface area contributed by atoms with Crippen molar-refractivity contribution in [1.29, 1.82) is 0 Å². The summed E-state index contributed by atoms with van der Waals surface area (Å²) in [5.74, 6) is 1.34. The molecule has 0 unspecified atom stereocenters. The number of nitrogens with zero attached hydrogens (tertiary/aromatic N) is 1. The molecule has 0 saturated carbocycles. The van der Waals surface area contributed by atoms with Crippen molar-refractivity contribution < 1.29 is 9.53 Å². The zero-order valence-corrected chi connectivity index (χ0v) is 15.1. The fourth-order valence-electron chi connectivity index (χ4n) is 2.77. The molecule has 5 heteroatoms.